The zero-order valence-electron chi connectivity index (χ0n) is 14.5. The Morgan fingerprint density at radius 1 is 0.833 bits per heavy atom. The van der Waals surface area contributed by atoms with Crippen LogP contribution in [-0.2, 0) is 19.0 Å². The van der Waals surface area contributed by atoms with E-state index < -0.39 is 0 Å². The molecule has 4 rings (SSSR count). The molecule has 0 N–H and O–H groups in total. The molecule has 6 heteroatoms. The maximum Gasteiger partial charge on any atom is 0.237 e. The molecule has 6 nitrogen and oxygen atoms in total. The van der Waals surface area contributed by atoms with Gasteiger partial charge in [-0.25, -0.2) is 0 Å². The molecular weight excluding hydrogens is 308 g/mol. The maximum absolute atomic E-state index is 13.0. The minimum Gasteiger partial charge on any atom is -0.374 e. The normalized spacial score (nSPS) is 35.8. The second-order valence-corrected chi connectivity index (χ2v) is 7.49. The van der Waals surface area contributed by atoms with Gasteiger partial charge >= 0.3 is 0 Å². The molecular formula is C18H30N2O4. The highest BCUT2D eigenvalue weighted by atomic mass is 16.7. The fraction of sp³-hybridized carbons (Fsp3) is 0.944. The Bertz CT molecular complexity index is 439. The number of piperidine rings is 1. The molecule has 3 aliphatic heterocycles. The smallest absolute Gasteiger partial charge is 0.237 e. The number of nitrogens with zero attached hydrogens (tertiary/aromatic N) is 2. The number of hydrogen-bond acceptors (Lipinski definition) is 5. The minimum absolute atomic E-state index is 0.148. The predicted molar refractivity (Wildman–Crippen MR) is 88.6 cm³/mol. The standard InChI is InChI=1S/C18H30N2O4/c21-17(20-9-10-22-16-7-2-1-5-14(16)20)13-19-8-4-3-6-15(19)18-23-11-12-24-18/h14-16,18H,1-13H2. The zero-order chi connectivity index (χ0) is 16.4. The van der Waals surface area contributed by atoms with Gasteiger partial charge in [0.15, 0.2) is 6.29 Å². The van der Waals surface area contributed by atoms with Crippen molar-refractivity contribution in [3.05, 3.63) is 0 Å². The lowest BCUT2D eigenvalue weighted by molar-refractivity contribution is -0.155. The fourth-order valence-electron chi connectivity index (χ4n) is 4.79. The highest BCUT2D eigenvalue weighted by Crippen LogP contribution is 2.29. The van der Waals surface area contributed by atoms with Crippen LogP contribution in [0.2, 0.25) is 0 Å². The van der Waals surface area contributed by atoms with Gasteiger partial charge in [-0.1, -0.05) is 19.3 Å². The number of rotatable bonds is 3. The lowest BCUT2D eigenvalue weighted by Crippen LogP contribution is -2.58. The minimum atomic E-state index is -0.148. The van der Waals surface area contributed by atoms with Crippen LogP contribution in [0.15, 0.2) is 0 Å². The van der Waals surface area contributed by atoms with Crippen molar-refractivity contribution in [3.63, 3.8) is 0 Å². The van der Waals surface area contributed by atoms with E-state index in [-0.39, 0.29) is 24.3 Å². The summed E-state index contributed by atoms with van der Waals surface area (Å²) in [5, 5.41) is 0. The van der Waals surface area contributed by atoms with Crippen molar-refractivity contribution in [2.45, 2.75) is 69.4 Å². The van der Waals surface area contributed by atoms with E-state index in [0.717, 1.165) is 38.8 Å². The lowest BCUT2D eigenvalue weighted by Gasteiger charge is -2.45. The van der Waals surface area contributed by atoms with Crippen LogP contribution in [0.1, 0.15) is 44.9 Å². The van der Waals surface area contributed by atoms with Gasteiger partial charge in [-0.05, 0) is 32.2 Å². The van der Waals surface area contributed by atoms with Crippen molar-refractivity contribution in [1.29, 1.82) is 0 Å². The van der Waals surface area contributed by atoms with Gasteiger partial charge < -0.3 is 19.1 Å². The van der Waals surface area contributed by atoms with E-state index in [1.807, 2.05) is 0 Å². The van der Waals surface area contributed by atoms with E-state index in [4.69, 9.17) is 14.2 Å². The summed E-state index contributed by atoms with van der Waals surface area (Å²) in [5.74, 6) is 0.264. The Kier molecular flexibility index (Phi) is 5.37. The quantitative estimate of drug-likeness (QED) is 0.778. The molecule has 24 heavy (non-hydrogen) atoms. The summed E-state index contributed by atoms with van der Waals surface area (Å²) in [4.78, 5) is 17.4. The van der Waals surface area contributed by atoms with Crippen LogP contribution in [0.5, 0.6) is 0 Å². The summed E-state index contributed by atoms with van der Waals surface area (Å²) < 4.78 is 17.4. The highest BCUT2D eigenvalue weighted by Gasteiger charge is 2.39. The van der Waals surface area contributed by atoms with Crippen molar-refractivity contribution >= 4 is 5.91 Å². The molecule has 3 atom stereocenters. The summed E-state index contributed by atoms with van der Waals surface area (Å²) in [6, 6.07) is 0.524. The summed E-state index contributed by atoms with van der Waals surface area (Å²) in [6.45, 7) is 4.25. The van der Waals surface area contributed by atoms with Crippen LogP contribution in [0.25, 0.3) is 0 Å². The maximum atomic E-state index is 13.0. The molecule has 0 bridgehead atoms. The number of carbonyl (C=O) groups is 1. The second-order valence-electron chi connectivity index (χ2n) is 7.49. The lowest BCUT2D eigenvalue weighted by atomic mass is 9.90. The Hall–Kier alpha value is -0.690. The summed E-state index contributed by atoms with van der Waals surface area (Å²) in [6.07, 6.45) is 8.16. The van der Waals surface area contributed by atoms with Gasteiger partial charge in [0.05, 0.1) is 44.6 Å². The van der Waals surface area contributed by atoms with Gasteiger partial charge in [-0.15, -0.1) is 0 Å². The van der Waals surface area contributed by atoms with E-state index in [0.29, 0.717) is 32.4 Å². The summed E-state index contributed by atoms with van der Waals surface area (Å²) in [7, 11) is 0. The highest BCUT2D eigenvalue weighted by molar-refractivity contribution is 5.79. The van der Waals surface area contributed by atoms with Crippen LogP contribution >= 0.6 is 0 Å². The molecule has 1 amide bonds. The molecule has 3 heterocycles. The Morgan fingerprint density at radius 3 is 2.46 bits per heavy atom. The molecule has 0 aromatic heterocycles. The third-order valence-corrected chi connectivity index (χ3v) is 6.02. The first kappa shape index (κ1) is 16.8. The summed E-state index contributed by atoms with van der Waals surface area (Å²) in [5.41, 5.74) is 0. The number of hydrogen-bond donors (Lipinski definition) is 0. The van der Waals surface area contributed by atoms with Crippen molar-refractivity contribution in [2.75, 3.05) is 39.5 Å². The Balaban J connectivity index is 1.40. The van der Waals surface area contributed by atoms with Crippen molar-refractivity contribution in [2.24, 2.45) is 0 Å². The molecule has 0 radical (unpaired) electrons. The number of ether oxygens (including phenoxy) is 3. The monoisotopic (exact) mass is 338 g/mol. The molecule has 136 valence electrons. The van der Waals surface area contributed by atoms with E-state index >= 15 is 0 Å². The van der Waals surface area contributed by atoms with E-state index in [2.05, 4.69) is 9.80 Å². The average Bonchev–Trinajstić information content (AvgIpc) is 3.16. The van der Waals surface area contributed by atoms with Gasteiger partial charge in [-0.2, -0.15) is 0 Å². The molecule has 1 aliphatic carbocycles. The van der Waals surface area contributed by atoms with E-state index in [1.165, 1.54) is 19.3 Å². The summed E-state index contributed by atoms with van der Waals surface area (Å²) >= 11 is 0. The Labute approximate surface area is 144 Å². The first-order chi connectivity index (χ1) is 11.8. The van der Waals surface area contributed by atoms with Crippen molar-refractivity contribution < 1.29 is 19.0 Å². The van der Waals surface area contributed by atoms with Crippen LogP contribution in [0, 0.1) is 0 Å². The van der Waals surface area contributed by atoms with Crippen LogP contribution in [0.3, 0.4) is 0 Å². The SMILES string of the molecule is O=C(CN1CCCCC1C1OCCO1)N1CCOC2CCCCC21. The molecule has 0 aromatic carbocycles. The molecule has 3 saturated heterocycles. The molecule has 0 spiro atoms. The molecule has 4 fully saturated rings. The van der Waals surface area contributed by atoms with Gasteiger partial charge in [0.1, 0.15) is 0 Å². The van der Waals surface area contributed by atoms with E-state index in [9.17, 15) is 4.79 Å². The third kappa shape index (κ3) is 3.47. The number of carbonyl (C=O) groups excluding carboxylic acids is 1. The average molecular weight is 338 g/mol. The van der Waals surface area contributed by atoms with Crippen LogP contribution in [-0.4, -0.2) is 79.6 Å². The number of amides is 1. The van der Waals surface area contributed by atoms with Gasteiger partial charge in [0, 0.05) is 6.54 Å². The number of likely N-dealkylation sites (tertiary alicyclic amines) is 1. The van der Waals surface area contributed by atoms with Gasteiger partial charge in [0.2, 0.25) is 5.91 Å². The fourth-order valence-corrected chi connectivity index (χ4v) is 4.79. The largest absolute Gasteiger partial charge is 0.374 e. The number of morpholine rings is 1. The second kappa shape index (κ2) is 7.68. The van der Waals surface area contributed by atoms with Crippen LogP contribution < -0.4 is 0 Å². The predicted octanol–water partition coefficient (Wildman–Crippen LogP) is 1.38. The van der Waals surface area contributed by atoms with Crippen LogP contribution in [0.4, 0.5) is 0 Å². The molecule has 0 aromatic rings. The van der Waals surface area contributed by atoms with Gasteiger partial charge in [0.25, 0.3) is 0 Å². The van der Waals surface area contributed by atoms with E-state index in [1.54, 1.807) is 0 Å². The van der Waals surface area contributed by atoms with Crippen molar-refractivity contribution in [3.8, 4) is 0 Å². The zero-order valence-corrected chi connectivity index (χ0v) is 14.5. The first-order valence-corrected chi connectivity index (χ1v) is 9.71. The third-order valence-electron chi connectivity index (χ3n) is 6.02. The molecule has 3 unspecified atom stereocenters. The molecule has 4 aliphatic rings. The molecule has 1 saturated carbocycles. The Morgan fingerprint density at radius 2 is 1.58 bits per heavy atom. The van der Waals surface area contributed by atoms with Crippen molar-refractivity contribution in [1.82, 2.24) is 9.80 Å². The first-order valence-electron chi connectivity index (χ1n) is 9.71. The van der Waals surface area contributed by atoms with Gasteiger partial charge in [-0.3, -0.25) is 9.69 Å². The number of fused-ring (bicyclic) bond motifs is 1. The topological polar surface area (TPSA) is 51.2 Å².